The summed E-state index contributed by atoms with van der Waals surface area (Å²) in [5.41, 5.74) is 2.27. The summed E-state index contributed by atoms with van der Waals surface area (Å²) in [6.07, 6.45) is 5.49. The Morgan fingerprint density at radius 2 is 1.91 bits per heavy atom. The molecule has 23 heavy (non-hydrogen) atoms. The average molecular weight is 314 g/mol. The topological polar surface area (TPSA) is 49.6 Å². The van der Waals surface area contributed by atoms with Gasteiger partial charge in [0, 0.05) is 42.5 Å². The maximum absolute atomic E-state index is 4.56. The second kappa shape index (κ2) is 5.44. The number of rotatable bonds is 2. The van der Waals surface area contributed by atoms with E-state index in [9.17, 15) is 0 Å². The Kier molecular flexibility index (Phi) is 3.52. The quantitative estimate of drug-likeness (QED) is 0.850. The van der Waals surface area contributed by atoms with Crippen molar-refractivity contribution in [3.05, 3.63) is 17.6 Å². The molecule has 2 atom stereocenters. The average Bonchev–Trinajstić information content (AvgIpc) is 3.05. The van der Waals surface area contributed by atoms with Gasteiger partial charge in [-0.3, -0.25) is 4.90 Å². The van der Waals surface area contributed by atoms with E-state index in [4.69, 9.17) is 0 Å². The summed E-state index contributed by atoms with van der Waals surface area (Å²) in [6, 6.07) is 2.01. The molecule has 2 fully saturated rings. The monoisotopic (exact) mass is 314 g/mol. The van der Waals surface area contributed by atoms with E-state index in [1.54, 1.807) is 6.33 Å². The Balaban J connectivity index is 1.75. The van der Waals surface area contributed by atoms with Crippen molar-refractivity contribution < 1.29 is 0 Å². The van der Waals surface area contributed by atoms with Gasteiger partial charge >= 0.3 is 0 Å². The third-order valence-electron chi connectivity index (χ3n) is 5.61. The molecule has 2 saturated heterocycles. The van der Waals surface area contributed by atoms with E-state index in [-0.39, 0.29) is 0 Å². The summed E-state index contributed by atoms with van der Waals surface area (Å²) in [7, 11) is 0. The van der Waals surface area contributed by atoms with E-state index in [1.807, 2.05) is 4.52 Å². The van der Waals surface area contributed by atoms with Crippen LogP contribution in [0.15, 0.2) is 6.33 Å². The minimum absolute atomic E-state index is 0.624. The molecular weight excluding hydrogens is 288 g/mol. The number of hydrogen-bond donors (Lipinski definition) is 0. The third kappa shape index (κ3) is 2.31. The Morgan fingerprint density at radius 1 is 1.13 bits per heavy atom. The van der Waals surface area contributed by atoms with Crippen molar-refractivity contribution in [1.82, 2.24) is 24.5 Å². The van der Waals surface area contributed by atoms with E-state index in [0.29, 0.717) is 17.9 Å². The van der Waals surface area contributed by atoms with Crippen molar-refractivity contribution in [3.63, 3.8) is 0 Å². The summed E-state index contributed by atoms with van der Waals surface area (Å²) in [4.78, 5) is 14.1. The van der Waals surface area contributed by atoms with Crippen LogP contribution in [-0.4, -0.2) is 55.7 Å². The molecule has 0 aromatic carbocycles. The highest BCUT2D eigenvalue weighted by atomic mass is 15.4. The first-order chi connectivity index (χ1) is 11.1. The molecule has 0 aliphatic carbocycles. The lowest BCUT2D eigenvalue weighted by Crippen LogP contribution is -2.43. The molecular formula is C17H26N6. The molecule has 0 N–H and O–H groups in total. The molecule has 2 aliphatic heterocycles. The summed E-state index contributed by atoms with van der Waals surface area (Å²) < 4.78 is 1.92. The molecule has 6 heteroatoms. The maximum atomic E-state index is 4.56. The molecule has 0 saturated carbocycles. The van der Waals surface area contributed by atoms with Crippen LogP contribution in [0.5, 0.6) is 0 Å². The van der Waals surface area contributed by atoms with Gasteiger partial charge in [-0.1, -0.05) is 0 Å². The standard InChI is InChI=1S/C17H26N6/c1-11(2)22-14-5-6-15(22)9-21(8-7-14)16-12(3)13(4)20-17-18-10-19-23(16)17/h10-11,14-15H,5-9H2,1-4H3. The molecule has 0 amide bonds. The highest BCUT2D eigenvalue weighted by Gasteiger charge is 2.39. The Morgan fingerprint density at radius 3 is 2.70 bits per heavy atom. The molecule has 2 bridgehead atoms. The van der Waals surface area contributed by atoms with Crippen molar-refractivity contribution in [3.8, 4) is 0 Å². The summed E-state index contributed by atoms with van der Waals surface area (Å²) in [5, 5.41) is 4.43. The highest BCUT2D eigenvalue weighted by molar-refractivity contribution is 5.54. The zero-order valence-electron chi connectivity index (χ0n) is 14.5. The Hall–Kier alpha value is -1.69. The van der Waals surface area contributed by atoms with Gasteiger partial charge in [-0.05, 0) is 47.0 Å². The van der Waals surface area contributed by atoms with Gasteiger partial charge in [0.25, 0.3) is 5.78 Å². The van der Waals surface area contributed by atoms with Crippen molar-refractivity contribution >= 4 is 11.6 Å². The molecule has 0 spiro atoms. The molecule has 4 rings (SSSR count). The first-order valence-corrected chi connectivity index (χ1v) is 8.75. The van der Waals surface area contributed by atoms with E-state index in [2.05, 4.69) is 52.6 Å². The van der Waals surface area contributed by atoms with Crippen molar-refractivity contribution in [2.75, 3.05) is 18.0 Å². The van der Waals surface area contributed by atoms with E-state index >= 15 is 0 Å². The summed E-state index contributed by atoms with van der Waals surface area (Å²) >= 11 is 0. The number of aryl methyl sites for hydroxylation is 1. The lowest BCUT2D eigenvalue weighted by Gasteiger charge is -2.32. The summed E-state index contributed by atoms with van der Waals surface area (Å²) in [6.45, 7) is 11.1. The maximum Gasteiger partial charge on any atom is 0.254 e. The lowest BCUT2D eigenvalue weighted by molar-refractivity contribution is 0.158. The van der Waals surface area contributed by atoms with Crippen molar-refractivity contribution in [2.45, 2.75) is 65.1 Å². The van der Waals surface area contributed by atoms with E-state index in [1.165, 1.54) is 30.6 Å². The second-order valence-corrected chi connectivity index (χ2v) is 7.28. The van der Waals surface area contributed by atoms with Crippen LogP contribution in [-0.2, 0) is 0 Å². The van der Waals surface area contributed by atoms with Crippen LogP contribution in [0, 0.1) is 13.8 Å². The molecule has 2 unspecified atom stereocenters. The molecule has 2 aliphatic rings. The molecule has 124 valence electrons. The smallest absolute Gasteiger partial charge is 0.254 e. The molecule has 2 aromatic rings. The predicted molar refractivity (Wildman–Crippen MR) is 90.9 cm³/mol. The number of aromatic nitrogens is 4. The van der Waals surface area contributed by atoms with Crippen LogP contribution < -0.4 is 4.90 Å². The summed E-state index contributed by atoms with van der Waals surface area (Å²) in [5.74, 6) is 1.89. The van der Waals surface area contributed by atoms with Gasteiger partial charge in [0.2, 0.25) is 0 Å². The Bertz CT molecular complexity index is 721. The van der Waals surface area contributed by atoms with Gasteiger partial charge in [0.05, 0.1) is 0 Å². The predicted octanol–water partition coefficient (Wildman–Crippen LogP) is 2.19. The highest BCUT2D eigenvalue weighted by Crippen LogP contribution is 2.34. The molecule has 6 nitrogen and oxygen atoms in total. The fourth-order valence-corrected chi connectivity index (χ4v) is 4.53. The minimum Gasteiger partial charge on any atom is -0.355 e. The van der Waals surface area contributed by atoms with Gasteiger partial charge in [-0.25, -0.2) is 4.98 Å². The molecule has 0 radical (unpaired) electrons. The molecule has 2 aromatic heterocycles. The number of anilines is 1. The number of hydrogen-bond acceptors (Lipinski definition) is 5. The Labute approximate surface area is 137 Å². The minimum atomic E-state index is 0.624. The van der Waals surface area contributed by atoms with Gasteiger partial charge in [0.1, 0.15) is 12.1 Å². The van der Waals surface area contributed by atoms with Crippen LogP contribution in [0.3, 0.4) is 0 Å². The van der Waals surface area contributed by atoms with Gasteiger partial charge in [-0.15, -0.1) is 0 Å². The number of fused-ring (bicyclic) bond motifs is 3. The van der Waals surface area contributed by atoms with Gasteiger partial charge in [-0.2, -0.15) is 14.6 Å². The van der Waals surface area contributed by atoms with Gasteiger partial charge < -0.3 is 4.90 Å². The largest absolute Gasteiger partial charge is 0.355 e. The van der Waals surface area contributed by atoms with Crippen LogP contribution in [0.25, 0.3) is 5.78 Å². The zero-order valence-corrected chi connectivity index (χ0v) is 14.5. The third-order valence-corrected chi connectivity index (χ3v) is 5.61. The normalized spacial score (nSPS) is 25.5. The first-order valence-electron chi connectivity index (χ1n) is 8.75. The van der Waals surface area contributed by atoms with Crippen LogP contribution in [0.4, 0.5) is 5.82 Å². The zero-order chi connectivity index (χ0) is 16.1. The van der Waals surface area contributed by atoms with E-state index in [0.717, 1.165) is 24.8 Å². The molecule has 4 heterocycles. The fourth-order valence-electron chi connectivity index (χ4n) is 4.53. The van der Waals surface area contributed by atoms with Crippen molar-refractivity contribution in [1.29, 1.82) is 0 Å². The fraction of sp³-hybridized carbons (Fsp3) is 0.706. The first kappa shape index (κ1) is 14.9. The SMILES string of the molecule is Cc1nc2ncnn2c(N2CCC3CCC(C2)N3C(C)C)c1C. The van der Waals surface area contributed by atoms with Crippen LogP contribution >= 0.6 is 0 Å². The van der Waals surface area contributed by atoms with E-state index < -0.39 is 0 Å². The van der Waals surface area contributed by atoms with Crippen LogP contribution in [0.2, 0.25) is 0 Å². The number of nitrogens with zero attached hydrogens (tertiary/aromatic N) is 6. The second-order valence-electron chi connectivity index (χ2n) is 7.28. The van der Waals surface area contributed by atoms with Crippen LogP contribution in [0.1, 0.15) is 44.4 Å². The van der Waals surface area contributed by atoms with Crippen molar-refractivity contribution in [2.24, 2.45) is 0 Å². The van der Waals surface area contributed by atoms with Gasteiger partial charge in [0.15, 0.2) is 0 Å². The lowest BCUT2D eigenvalue weighted by atomic mass is 10.1.